The third kappa shape index (κ3) is 4.49. The first-order valence-electron chi connectivity index (χ1n) is 5.06. The van der Waals surface area contributed by atoms with Gasteiger partial charge in [0.15, 0.2) is 0 Å². The molecule has 0 aliphatic heterocycles. The number of nitrogens with one attached hydrogen (secondary N) is 1. The van der Waals surface area contributed by atoms with Gasteiger partial charge in [-0.1, -0.05) is 24.6 Å². The van der Waals surface area contributed by atoms with Crippen molar-refractivity contribution in [1.29, 1.82) is 0 Å². The first-order valence-corrected chi connectivity index (χ1v) is 5.88. The molecule has 1 atom stereocenters. The van der Waals surface area contributed by atoms with Crippen molar-refractivity contribution in [2.45, 2.75) is 25.7 Å². The third-order valence-corrected chi connectivity index (χ3v) is 3.11. The lowest BCUT2D eigenvalue weighted by atomic mass is 10.1. The topological polar surface area (TPSA) is 29.1 Å². The monoisotopic (exact) mass is 223 g/mol. The summed E-state index contributed by atoms with van der Waals surface area (Å²) in [6, 6.07) is 8.31. The van der Waals surface area contributed by atoms with Gasteiger partial charge in [-0.3, -0.25) is 9.52 Å². The largest absolute Gasteiger partial charge is 0.300 e. The molecular weight excluding hydrogens is 206 g/mol. The molecule has 0 saturated heterocycles. The van der Waals surface area contributed by atoms with E-state index in [-0.39, 0.29) is 11.7 Å². The standard InChI is InChI=1S/C12H17NOS/c1-9-4-6-12(7-5-9)15-13-8-10(2)11(3)14/h4-7,10,13H,8H2,1-3H3. The van der Waals surface area contributed by atoms with Crippen LogP contribution in [0.4, 0.5) is 0 Å². The minimum atomic E-state index is 0.0861. The van der Waals surface area contributed by atoms with Crippen LogP contribution in [0.2, 0.25) is 0 Å². The SMILES string of the molecule is CC(=O)C(C)CNSc1ccc(C)cc1. The fourth-order valence-electron chi connectivity index (χ4n) is 1.00. The van der Waals surface area contributed by atoms with E-state index >= 15 is 0 Å². The van der Waals surface area contributed by atoms with Crippen LogP contribution in [0.25, 0.3) is 0 Å². The zero-order chi connectivity index (χ0) is 11.3. The van der Waals surface area contributed by atoms with Crippen LogP contribution >= 0.6 is 11.9 Å². The van der Waals surface area contributed by atoms with E-state index in [1.165, 1.54) is 10.5 Å². The van der Waals surface area contributed by atoms with Gasteiger partial charge in [-0.05, 0) is 37.9 Å². The van der Waals surface area contributed by atoms with Crippen molar-refractivity contribution in [2.75, 3.05) is 6.54 Å². The van der Waals surface area contributed by atoms with Crippen molar-refractivity contribution in [3.63, 3.8) is 0 Å². The Bertz CT molecular complexity index is 321. The van der Waals surface area contributed by atoms with Gasteiger partial charge in [0, 0.05) is 17.4 Å². The molecule has 0 spiro atoms. The van der Waals surface area contributed by atoms with E-state index in [0.29, 0.717) is 6.54 Å². The van der Waals surface area contributed by atoms with Crippen molar-refractivity contribution < 1.29 is 4.79 Å². The number of Topliss-reactive ketones (excluding diaryl/α,β-unsaturated/α-hetero) is 1. The van der Waals surface area contributed by atoms with Crippen LogP contribution in [0.3, 0.4) is 0 Å². The normalized spacial score (nSPS) is 12.5. The number of benzene rings is 1. The summed E-state index contributed by atoms with van der Waals surface area (Å²) in [5.74, 6) is 0.315. The number of hydrogen-bond donors (Lipinski definition) is 1. The lowest BCUT2D eigenvalue weighted by Crippen LogP contribution is -2.20. The molecule has 0 heterocycles. The van der Waals surface area contributed by atoms with Crippen LogP contribution in [0.15, 0.2) is 29.2 Å². The quantitative estimate of drug-likeness (QED) is 0.778. The summed E-state index contributed by atoms with van der Waals surface area (Å²) >= 11 is 1.57. The van der Waals surface area contributed by atoms with E-state index < -0.39 is 0 Å². The van der Waals surface area contributed by atoms with E-state index in [0.717, 1.165) is 0 Å². The molecule has 0 saturated carbocycles. The average molecular weight is 223 g/mol. The van der Waals surface area contributed by atoms with Gasteiger partial charge in [0.25, 0.3) is 0 Å². The van der Waals surface area contributed by atoms with Crippen LogP contribution in [0.5, 0.6) is 0 Å². The maximum atomic E-state index is 11.0. The Hall–Kier alpha value is -0.800. The molecule has 3 heteroatoms. The van der Waals surface area contributed by atoms with Crippen molar-refractivity contribution in [2.24, 2.45) is 5.92 Å². The summed E-state index contributed by atoms with van der Waals surface area (Å²) in [6.45, 7) is 6.35. The molecule has 2 nitrogen and oxygen atoms in total. The van der Waals surface area contributed by atoms with Gasteiger partial charge >= 0.3 is 0 Å². The van der Waals surface area contributed by atoms with E-state index in [1.54, 1.807) is 18.9 Å². The Kier molecular flexibility index (Phi) is 4.85. The predicted octanol–water partition coefficient (Wildman–Crippen LogP) is 2.82. The van der Waals surface area contributed by atoms with Gasteiger partial charge in [0.1, 0.15) is 5.78 Å². The highest BCUT2D eigenvalue weighted by Gasteiger charge is 2.06. The molecule has 0 bridgehead atoms. The molecule has 0 aliphatic carbocycles. The van der Waals surface area contributed by atoms with Crippen molar-refractivity contribution in [3.05, 3.63) is 29.8 Å². The molecule has 1 N–H and O–H groups in total. The Morgan fingerprint density at radius 2 is 2.00 bits per heavy atom. The van der Waals surface area contributed by atoms with Gasteiger partial charge in [0.2, 0.25) is 0 Å². The summed E-state index contributed by atoms with van der Waals surface area (Å²) in [7, 11) is 0. The molecule has 1 rings (SSSR count). The van der Waals surface area contributed by atoms with Gasteiger partial charge in [0.05, 0.1) is 0 Å². The van der Waals surface area contributed by atoms with Crippen molar-refractivity contribution in [1.82, 2.24) is 4.72 Å². The maximum Gasteiger partial charge on any atom is 0.133 e. The third-order valence-electron chi connectivity index (χ3n) is 2.29. The lowest BCUT2D eigenvalue weighted by molar-refractivity contribution is -0.120. The van der Waals surface area contributed by atoms with Gasteiger partial charge in [-0.15, -0.1) is 0 Å². The van der Waals surface area contributed by atoms with Crippen LogP contribution in [-0.2, 0) is 4.79 Å². The second kappa shape index (κ2) is 5.93. The number of hydrogen-bond acceptors (Lipinski definition) is 3. The lowest BCUT2D eigenvalue weighted by Gasteiger charge is -2.08. The molecule has 15 heavy (non-hydrogen) atoms. The fraction of sp³-hybridized carbons (Fsp3) is 0.417. The van der Waals surface area contributed by atoms with E-state index in [9.17, 15) is 4.79 Å². The Morgan fingerprint density at radius 3 is 2.53 bits per heavy atom. The number of aryl methyl sites for hydroxylation is 1. The Balaban J connectivity index is 2.32. The molecule has 0 radical (unpaired) electrons. The highest BCUT2D eigenvalue weighted by molar-refractivity contribution is 7.97. The molecule has 1 aromatic rings. The molecule has 0 aliphatic rings. The van der Waals surface area contributed by atoms with Crippen LogP contribution in [-0.4, -0.2) is 12.3 Å². The van der Waals surface area contributed by atoms with Crippen LogP contribution in [0.1, 0.15) is 19.4 Å². The first-order chi connectivity index (χ1) is 7.09. The van der Waals surface area contributed by atoms with Crippen molar-refractivity contribution in [3.8, 4) is 0 Å². The van der Waals surface area contributed by atoms with Crippen LogP contribution < -0.4 is 4.72 Å². The van der Waals surface area contributed by atoms with E-state index in [1.807, 2.05) is 6.92 Å². The van der Waals surface area contributed by atoms with Crippen LogP contribution in [0, 0.1) is 12.8 Å². The van der Waals surface area contributed by atoms with E-state index in [2.05, 4.69) is 35.9 Å². The Labute approximate surface area is 95.6 Å². The fourth-order valence-corrected chi connectivity index (χ4v) is 1.77. The highest BCUT2D eigenvalue weighted by atomic mass is 32.2. The smallest absolute Gasteiger partial charge is 0.133 e. The minimum Gasteiger partial charge on any atom is -0.300 e. The minimum absolute atomic E-state index is 0.0861. The average Bonchev–Trinajstić information content (AvgIpc) is 2.20. The second-order valence-electron chi connectivity index (χ2n) is 3.78. The van der Waals surface area contributed by atoms with Crippen molar-refractivity contribution >= 4 is 17.7 Å². The van der Waals surface area contributed by atoms with Gasteiger partial charge < -0.3 is 0 Å². The molecule has 82 valence electrons. The number of carbonyl (C=O) groups excluding carboxylic acids is 1. The van der Waals surface area contributed by atoms with Gasteiger partial charge in [-0.25, -0.2) is 0 Å². The zero-order valence-electron chi connectivity index (χ0n) is 9.41. The summed E-state index contributed by atoms with van der Waals surface area (Å²) in [6.07, 6.45) is 0. The zero-order valence-corrected chi connectivity index (χ0v) is 10.2. The number of rotatable bonds is 5. The number of ketones is 1. The summed E-state index contributed by atoms with van der Waals surface area (Å²) in [5.41, 5.74) is 1.26. The molecule has 0 fully saturated rings. The molecule has 0 amide bonds. The molecule has 0 aromatic heterocycles. The summed E-state index contributed by atoms with van der Waals surface area (Å²) < 4.78 is 3.20. The molecule has 1 aromatic carbocycles. The second-order valence-corrected chi connectivity index (χ2v) is 4.74. The number of carbonyl (C=O) groups is 1. The Morgan fingerprint density at radius 1 is 1.40 bits per heavy atom. The van der Waals surface area contributed by atoms with Gasteiger partial charge in [-0.2, -0.15) is 0 Å². The van der Waals surface area contributed by atoms with E-state index in [4.69, 9.17) is 0 Å². The maximum absolute atomic E-state index is 11.0. The highest BCUT2D eigenvalue weighted by Crippen LogP contribution is 2.15. The first kappa shape index (κ1) is 12.3. The summed E-state index contributed by atoms with van der Waals surface area (Å²) in [5, 5.41) is 0. The summed E-state index contributed by atoms with van der Waals surface area (Å²) in [4.78, 5) is 12.2. The molecular formula is C12H17NOS. The molecule has 1 unspecified atom stereocenters. The predicted molar refractivity (Wildman–Crippen MR) is 64.9 cm³/mol.